The summed E-state index contributed by atoms with van der Waals surface area (Å²) in [5.74, 6) is -1.89. The van der Waals surface area contributed by atoms with Crippen LogP contribution in [-0.2, 0) is 18.9 Å². The Morgan fingerprint density at radius 1 is 0.359 bits per heavy atom. The van der Waals surface area contributed by atoms with Crippen LogP contribution in [0.4, 0.5) is 0 Å². The van der Waals surface area contributed by atoms with Crippen molar-refractivity contribution in [1.29, 1.82) is 0 Å². The molecule has 8 nitrogen and oxygen atoms in total. The Hall–Kier alpha value is -6.74. The van der Waals surface area contributed by atoms with E-state index in [-0.39, 0.29) is 26.4 Å². The van der Waals surface area contributed by atoms with Crippen molar-refractivity contribution in [2.24, 2.45) is 0 Å². The highest BCUT2D eigenvalue weighted by atomic mass is 35.5. The number of halogens is 2. The molecule has 0 heterocycles. The summed E-state index contributed by atoms with van der Waals surface area (Å²) < 4.78 is 21.2. The van der Waals surface area contributed by atoms with E-state index in [1.807, 2.05) is 111 Å². The first-order chi connectivity index (χ1) is 31.1. The van der Waals surface area contributed by atoms with Gasteiger partial charge in [0, 0.05) is 21.2 Å². The first-order valence-electron chi connectivity index (χ1n) is 21.2. The highest BCUT2D eigenvalue weighted by Crippen LogP contribution is 2.39. The molecule has 0 saturated heterocycles. The Morgan fingerprint density at radius 2 is 0.703 bits per heavy atom. The second-order valence-corrected chi connectivity index (χ2v) is 14.5. The van der Waals surface area contributed by atoms with E-state index in [4.69, 9.17) is 42.1 Å². The van der Waals surface area contributed by atoms with Gasteiger partial charge >= 0.3 is 23.9 Å². The van der Waals surface area contributed by atoms with Crippen molar-refractivity contribution >= 4 is 57.9 Å². The average molecular weight is 898 g/mol. The molecule has 0 unspecified atom stereocenters. The third kappa shape index (κ3) is 11.4. The van der Waals surface area contributed by atoms with Gasteiger partial charge < -0.3 is 18.9 Å². The summed E-state index contributed by atoms with van der Waals surface area (Å²) in [6.45, 7) is 12.0. The van der Waals surface area contributed by atoms with E-state index in [1.54, 1.807) is 76.2 Å². The van der Waals surface area contributed by atoms with E-state index in [0.29, 0.717) is 65.7 Å². The number of rotatable bonds is 12. The summed E-state index contributed by atoms with van der Waals surface area (Å²) in [5, 5.41) is 3.05. The molecular formula is C54H50Cl2O8. The molecule has 328 valence electrons. The molecule has 0 spiro atoms. The minimum absolute atomic E-state index is 0.228. The molecule has 7 aromatic carbocycles. The summed E-state index contributed by atoms with van der Waals surface area (Å²) in [5.41, 5.74) is 6.51. The lowest BCUT2D eigenvalue weighted by molar-refractivity contribution is 0.0513. The lowest BCUT2D eigenvalue weighted by atomic mass is 9.90. The summed E-state index contributed by atoms with van der Waals surface area (Å²) in [6.07, 6.45) is 0. The van der Waals surface area contributed by atoms with E-state index >= 15 is 0 Å². The topological polar surface area (TPSA) is 105 Å². The molecule has 7 aromatic rings. The number of hydrogen-bond acceptors (Lipinski definition) is 8. The normalized spacial score (nSPS) is 10.4. The Labute approximate surface area is 384 Å². The lowest BCUT2D eigenvalue weighted by Gasteiger charge is -2.17. The lowest BCUT2D eigenvalue weighted by Crippen LogP contribution is -2.12. The largest absolute Gasteiger partial charge is 0.462 e. The van der Waals surface area contributed by atoms with Gasteiger partial charge in [-0.15, -0.1) is 0 Å². The maximum absolute atomic E-state index is 13.0. The summed E-state index contributed by atoms with van der Waals surface area (Å²) in [7, 11) is 0. The summed E-state index contributed by atoms with van der Waals surface area (Å²) in [4.78, 5) is 51.5. The van der Waals surface area contributed by atoms with Gasteiger partial charge in [0.15, 0.2) is 0 Å². The summed E-state index contributed by atoms with van der Waals surface area (Å²) >= 11 is 12.9. The van der Waals surface area contributed by atoms with Crippen LogP contribution < -0.4 is 0 Å². The van der Waals surface area contributed by atoms with Gasteiger partial charge in [-0.2, -0.15) is 0 Å². The van der Waals surface area contributed by atoms with Gasteiger partial charge in [-0.05, 0) is 114 Å². The fourth-order valence-corrected chi connectivity index (χ4v) is 7.44. The molecule has 64 heavy (non-hydrogen) atoms. The van der Waals surface area contributed by atoms with Crippen LogP contribution in [0.15, 0.2) is 146 Å². The zero-order valence-electron chi connectivity index (χ0n) is 36.7. The third-order valence-corrected chi connectivity index (χ3v) is 10.4. The third-order valence-electron chi connectivity index (χ3n) is 9.77. The number of esters is 4. The SMILES string of the molecule is CC.CCOC(=O)c1cc(-c2ccccc2Cl)c(C(=O)OCC)cc1-c1ccc2ccccc2c1.CCOC(=O)c1cc(-c2ccccc2Cl)c(C(=O)OCC)cc1-c1ccccc1. The van der Waals surface area contributed by atoms with Gasteiger partial charge in [-0.1, -0.05) is 140 Å². The van der Waals surface area contributed by atoms with Crippen molar-refractivity contribution in [3.63, 3.8) is 0 Å². The molecule has 0 bridgehead atoms. The Kier molecular flexibility index (Phi) is 17.8. The number of hydrogen-bond donors (Lipinski definition) is 0. The maximum Gasteiger partial charge on any atom is 0.338 e. The maximum atomic E-state index is 13.0. The molecule has 0 amide bonds. The predicted octanol–water partition coefficient (Wildman–Crippen LogP) is 14.2. The molecule has 0 aromatic heterocycles. The number of ether oxygens (including phenoxy) is 4. The van der Waals surface area contributed by atoms with Crippen LogP contribution in [0.3, 0.4) is 0 Å². The summed E-state index contributed by atoms with van der Waals surface area (Å²) in [6, 6.07) is 44.4. The molecule has 10 heteroatoms. The van der Waals surface area contributed by atoms with Crippen LogP contribution in [0.1, 0.15) is 83.0 Å². The van der Waals surface area contributed by atoms with E-state index < -0.39 is 23.9 Å². The predicted molar refractivity (Wildman–Crippen MR) is 257 cm³/mol. The van der Waals surface area contributed by atoms with Gasteiger partial charge in [0.25, 0.3) is 0 Å². The molecular weight excluding hydrogens is 847 g/mol. The minimum atomic E-state index is -0.482. The highest BCUT2D eigenvalue weighted by Gasteiger charge is 2.25. The average Bonchev–Trinajstić information content (AvgIpc) is 3.32. The Morgan fingerprint density at radius 3 is 1.12 bits per heavy atom. The molecule has 0 aliphatic heterocycles. The van der Waals surface area contributed by atoms with Crippen molar-refractivity contribution < 1.29 is 38.1 Å². The van der Waals surface area contributed by atoms with Gasteiger partial charge in [-0.3, -0.25) is 0 Å². The van der Waals surface area contributed by atoms with E-state index in [0.717, 1.165) is 21.9 Å². The fraction of sp³-hybridized carbons (Fsp3) is 0.185. The highest BCUT2D eigenvalue weighted by molar-refractivity contribution is 6.34. The Balaban J connectivity index is 0.000000234. The molecule has 0 saturated carbocycles. The van der Waals surface area contributed by atoms with E-state index in [9.17, 15) is 19.2 Å². The zero-order valence-corrected chi connectivity index (χ0v) is 38.2. The molecule has 0 aliphatic carbocycles. The second kappa shape index (κ2) is 23.6. The molecule has 0 N–H and O–H groups in total. The van der Waals surface area contributed by atoms with Gasteiger partial charge in [0.1, 0.15) is 0 Å². The number of carbonyl (C=O) groups excluding carboxylic acids is 4. The van der Waals surface area contributed by atoms with E-state index in [2.05, 4.69) is 0 Å². The minimum Gasteiger partial charge on any atom is -0.462 e. The van der Waals surface area contributed by atoms with E-state index in [1.165, 1.54) is 0 Å². The number of carbonyl (C=O) groups is 4. The van der Waals surface area contributed by atoms with Crippen molar-refractivity contribution in [2.45, 2.75) is 41.5 Å². The molecule has 7 rings (SSSR count). The van der Waals surface area contributed by atoms with Gasteiger partial charge in [-0.25, -0.2) is 19.2 Å². The quantitative estimate of drug-likeness (QED) is 0.0882. The van der Waals surface area contributed by atoms with Crippen molar-refractivity contribution in [1.82, 2.24) is 0 Å². The molecule has 0 radical (unpaired) electrons. The van der Waals surface area contributed by atoms with Crippen LogP contribution in [0.2, 0.25) is 10.0 Å². The number of fused-ring (bicyclic) bond motifs is 1. The van der Waals surface area contributed by atoms with Crippen molar-refractivity contribution in [3.05, 3.63) is 178 Å². The molecule has 0 atom stereocenters. The Bertz CT molecular complexity index is 2750. The molecule has 0 fully saturated rings. The van der Waals surface area contributed by atoms with Crippen molar-refractivity contribution in [2.75, 3.05) is 26.4 Å². The van der Waals surface area contributed by atoms with Crippen molar-refractivity contribution in [3.8, 4) is 44.5 Å². The number of benzene rings is 7. The van der Waals surface area contributed by atoms with Crippen LogP contribution in [0.25, 0.3) is 55.3 Å². The smallest absolute Gasteiger partial charge is 0.338 e. The monoisotopic (exact) mass is 896 g/mol. The van der Waals surface area contributed by atoms with Crippen LogP contribution in [0, 0.1) is 0 Å². The van der Waals surface area contributed by atoms with Crippen LogP contribution in [0.5, 0.6) is 0 Å². The standard InChI is InChI=1S/C28H23ClO4.C24H21ClO4.C2H6/c1-3-32-27(30)24-17-23(21-11-7-8-12-26(21)29)25(28(31)33-4-2)16-22(24)20-14-13-18-9-5-6-10-19(18)15-20;1-3-28-23(26)20-15-19(17-12-8-9-13-22(17)25)21(24(27)29-4-2)14-18(20)16-10-6-5-7-11-16;1-2/h5-17H,3-4H2,1-2H3;5-15H,3-4H2,1-2H3;1-2H3. The second-order valence-electron chi connectivity index (χ2n) is 13.7. The fourth-order valence-electron chi connectivity index (χ4n) is 6.97. The first kappa shape index (κ1) is 48.3. The van der Waals surface area contributed by atoms with Crippen LogP contribution >= 0.6 is 23.2 Å². The molecule has 0 aliphatic rings. The first-order valence-corrected chi connectivity index (χ1v) is 21.9. The van der Waals surface area contributed by atoms with Gasteiger partial charge in [0.2, 0.25) is 0 Å². The van der Waals surface area contributed by atoms with Crippen LogP contribution in [-0.4, -0.2) is 50.3 Å². The van der Waals surface area contributed by atoms with Gasteiger partial charge in [0.05, 0.1) is 48.7 Å². The zero-order chi connectivity index (χ0) is 46.2.